The maximum Gasteiger partial charge on any atom is 0.200 e. The number of aryl methyl sites for hydroxylation is 1. The first-order valence-corrected chi connectivity index (χ1v) is 13.6. The van der Waals surface area contributed by atoms with Crippen LogP contribution in [0.15, 0.2) is 12.1 Å². The Hall–Kier alpha value is -1.12. The molecule has 182 valence electrons. The van der Waals surface area contributed by atoms with Crippen molar-refractivity contribution in [3.8, 4) is 5.75 Å². The third-order valence-corrected chi connectivity index (χ3v) is 8.73. The molecule has 32 heavy (non-hydrogen) atoms. The highest BCUT2D eigenvalue weighted by molar-refractivity contribution is 5.30. The van der Waals surface area contributed by atoms with Crippen LogP contribution in [-0.2, 0) is 0 Å². The molecule has 1 nitrogen and oxygen atoms in total. The molecular formula is C29H46F2O. The van der Waals surface area contributed by atoms with Crippen molar-refractivity contribution in [1.29, 1.82) is 0 Å². The van der Waals surface area contributed by atoms with Crippen molar-refractivity contribution in [3.05, 3.63) is 29.3 Å². The number of halogens is 2. The van der Waals surface area contributed by atoms with E-state index in [9.17, 15) is 8.78 Å². The molecule has 3 heteroatoms. The Balaban J connectivity index is 0.00000141. The van der Waals surface area contributed by atoms with Crippen LogP contribution in [0.4, 0.5) is 8.78 Å². The summed E-state index contributed by atoms with van der Waals surface area (Å²) in [7, 11) is 0. The lowest BCUT2D eigenvalue weighted by Crippen LogP contribution is -2.35. The highest BCUT2D eigenvalue weighted by atomic mass is 19.2. The van der Waals surface area contributed by atoms with Gasteiger partial charge in [0.25, 0.3) is 0 Å². The smallest absolute Gasteiger partial charge is 0.200 e. The second-order valence-corrected chi connectivity index (χ2v) is 10.7. The van der Waals surface area contributed by atoms with Crippen LogP contribution in [0.3, 0.4) is 0 Å². The fourth-order valence-electron chi connectivity index (χ4n) is 6.91. The fourth-order valence-corrected chi connectivity index (χ4v) is 6.91. The summed E-state index contributed by atoms with van der Waals surface area (Å²) in [4.78, 5) is 0. The van der Waals surface area contributed by atoms with Crippen molar-refractivity contribution in [1.82, 2.24) is 0 Å². The number of benzene rings is 1. The summed E-state index contributed by atoms with van der Waals surface area (Å²) in [6.07, 6.45) is 16.6. The Morgan fingerprint density at radius 2 is 1.31 bits per heavy atom. The molecule has 3 saturated carbocycles. The van der Waals surface area contributed by atoms with Gasteiger partial charge in [-0.1, -0.05) is 52.5 Å². The molecule has 4 atom stereocenters. The molecule has 0 aliphatic heterocycles. The molecule has 0 bridgehead atoms. The van der Waals surface area contributed by atoms with Gasteiger partial charge in [0.05, 0.1) is 6.61 Å². The van der Waals surface area contributed by atoms with E-state index in [1.165, 1.54) is 77.0 Å². The lowest BCUT2D eigenvalue weighted by molar-refractivity contribution is 0.0478. The topological polar surface area (TPSA) is 9.23 Å². The monoisotopic (exact) mass is 448 g/mol. The van der Waals surface area contributed by atoms with Crippen molar-refractivity contribution >= 4 is 0 Å². The third kappa shape index (κ3) is 6.26. The Morgan fingerprint density at radius 3 is 2.00 bits per heavy atom. The molecule has 0 radical (unpaired) electrons. The number of rotatable bonds is 6. The van der Waals surface area contributed by atoms with E-state index in [4.69, 9.17) is 4.74 Å². The SMILES string of the molecule is CC.CCCC1CCC(C2CCC3CC(COc4ccc(C)c(F)c4F)CCC3C2)CC1. The summed E-state index contributed by atoms with van der Waals surface area (Å²) >= 11 is 0. The molecule has 0 N–H and O–H groups in total. The van der Waals surface area contributed by atoms with Gasteiger partial charge in [-0.25, -0.2) is 4.39 Å². The van der Waals surface area contributed by atoms with Crippen LogP contribution < -0.4 is 4.74 Å². The predicted molar refractivity (Wildman–Crippen MR) is 130 cm³/mol. The average molecular weight is 449 g/mol. The van der Waals surface area contributed by atoms with E-state index in [0.29, 0.717) is 18.1 Å². The van der Waals surface area contributed by atoms with Gasteiger partial charge < -0.3 is 4.74 Å². The Kier molecular flexibility index (Phi) is 9.86. The second-order valence-electron chi connectivity index (χ2n) is 10.7. The van der Waals surface area contributed by atoms with Crippen LogP contribution in [0.5, 0.6) is 5.75 Å². The van der Waals surface area contributed by atoms with Crippen molar-refractivity contribution in [2.24, 2.45) is 35.5 Å². The fraction of sp³-hybridized carbons (Fsp3) is 0.793. The molecule has 0 amide bonds. The van der Waals surface area contributed by atoms with Crippen molar-refractivity contribution in [2.75, 3.05) is 6.61 Å². The molecule has 3 aliphatic carbocycles. The van der Waals surface area contributed by atoms with Crippen LogP contribution in [0, 0.1) is 54.1 Å². The summed E-state index contributed by atoms with van der Waals surface area (Å²) in [5, 5.41) is 0. The van der Waals surface area contributed by atoms with Gasteiger partial charge in [0, 0.05) is 0 Å². The Labute approximate surface area is 195 Å². The first-order chi connectivity index (χ1) is 15.5. The largest absolute Gasteiger partial charge is 0.490 e. The lowest BCUT2D eigenvalue weighted by Gasteiger charge is -2.45. The maximum atomic E-state index is 14.1. The zero-order chi connectivity index (χ0) is 23.1. The highest BCUT2D eigenvalue weighted by Gasteiger charge is 2.38. The summed E-state index contributed by atoms with van der Waals surface area (Å²) in [6.45, 7) is 8.43. The summed E-state index contributed by atoms with van der Waals surface area (Å²) in [5.41, 5.74) is 0.330. The lowest BCUT2D eigenvalue weighted by atomic mass is 9.61. The molecule has 1 aromatic rings. The zero-order valence-electron chi connectivity index (χ0n) is 21.0. The first kappa shape index (κ1) is 25.5. The third-order valence-electron chi connectivity index (χ3n) is 8.73. The summed E-state index contributed by atoms with van der Waals surface area (Å²) in [6, 6.07) is 3.17. The predicted octanol–water partition coefficient (Wildman–Crippen LogP) is 9.12. The molecule has 1 aromatic carbocycles. The number of fused-ring (bicyclic) bond motifs is 1. The molecule has 0 heterocycles. The van der Waals surface area contributed by atoms with Crippen LogP contribution in [0.2, 0.25) is 0 Å². The van der Waals surface area contributed by atoms with Crippen LogP contribution >= 0.6 is 0 Å². The quantitative estimate of drug-likeness (QED) is 0.421. The Morgan fingerprint density at radius 1 is 0.750 bits per heavy atom. The van der Waals surface area contributed by atoms with E-state index >= 15 is 0 Å². The van der Waals surface area contributed by atoms with Crippen molar-refractivity contribution < 1.29 is 13.5 Å². The highest BCUT2D eigenvalue weighted by Crippen LogP contribution is 2.49. The van der Waals surface area contributed by atoms with E-state index in [2.05, 4.69) is 6.92 Å². The van der Waals surface area contributed by atoms with E-state index in [-0.39, 0.29) is 5.75 Å². The first-order valence-electron chi connectivity index (χ1n) is 13.6. The normalized spacial score (nSPS) is 32.4. The average Bonchev–Trinajstić information content (AvgIpc) is 2.84. The molecule has 0 saturated heterocycles. The van der Waals surface area contributed by atoms with E-state index in [1.807, 2.05) is 13.8 Å². The summed E-state index contributed by atoms with van der Waals surface area (Å²) < 4.78 is 33.6. The van der Waals surface area contributed by atoms with Crippen LogP contribution in [0.25, 0.3) is 0 Å². The standard InChI is InChI=1S/C27H40F2O.C2H6/c1-3-4-19-6-9-21(10-7-19)23-13-12-22-15-20(8-11-24(22)16-23)17-30-25-14-5-18(2)26(28)27(25)29;1-2/h5,14,19-24H,3-4,6-13,15-17H2,1-2H3;1-2H3. The van der Waals surface area contributed by atoms with Crippen LogP contribution in [-0.4, -0.2) is 6.61 Å². The minimum Gasteiger partial charge on any atom is -0.490 e. The van der Waals surface area contributed by atoms with Gasteiger partial charge in [0.15, 0.2) is 11.6 Å². The van der Waals surface area contributed by atoms with Crippen LogP contribution in [0.1, 0.15) is 103 Å². The molecule has 3 fully saturated rings. The van der Waals surface area contributed by atoms with Gasteiger partial charge in [0.2, 0.25) is 5.82 Å². The minimum atomic E-state index is -0.835. The van der Waals surface area contributed by atoms with E-state index in [0.717, 1.165) is 29.6 Å². The van der Waals surface area contributed by atoms with E-state index < -0.39 is 11.6 Å². The number of hydrogen-bond donors (Lipinski definition) is 0. The molecule has 0 spiro atoms. The zero-order valence-corrected chi connectivity index (χ0v) is 21.0. The van der Waals surface area contributed by atoms with Crippen molar-refractivity contribution in [2.45, 2.75) is 105 Å². The molecule has 0 aromatic heterocycles. The van der Waals surface area contributed by atoms with Gasteiger partial charge in [0.1, 0.15) is 0 Å². The van der Waals surface area contributed by atoms with Gasteiger partial charge >= 0.3 is 0 Å². The molecular weight excluding hydrogens is 402 g/mol. The van der Waals surface area contributed by atoms with Gasteiger partial charge in [-0.3, -0.25) is 0 Å². The maximum absolute atomic E-state index is 14.1. The van der Waals surface area contributed by atoms with Crippen molar-refractivity contribution in [3.63, 3.8) is 0 Å². The number of ether oxygens (including phenoxy) is 1. The van der Waals surface area contributed by atoms with Gasteiger partial charge in [-0.05, 0) is 105 Å². The minimum absolute atomic E-state index is 0.0719. The number of hydrogen-bond acceptors (Lipinski definition) is 1. The van der Waals surface area contributed by atoms with E-state index in [1.54, 1.807) is 19.1 Å². The molecule has 4 rings (SSSR count). The van der Waals surface area contributed by atoms with Gasteiger partial charge in [-0.15, -0.1) is 0 Å². The Bertz CT molecular complexity index is 695. The second kappa shape index (κ2) is 12.4. The molecule has 3 aliphatic rings. The summed E-state index contributed by atoms with van der Waals surface area (Å²) in [5.74, 6) is 3.60. The molecule has 4 unspecified atom stereocenters. The van der Waals surface area contributed by atoms with Gasteiger partial charge in [-0.2, -0.15) is 4.39 Å².